The molecule has 6 nitrogen and oxygen atoms in total. The summed E-state index contributed by atoms with van der Waals surface area (Å²) in [5, 5.41) is 15.7. The third-order valence-corrected chi connectivity index (χ3v) is 6.15. The molecule has 2 aliphatic rings. The summed E-state index contributed by atoms with van der Waals surface area (Å²) in [6, 6.07) is 6.43. The first kappa shape index (κ1) is 20.6. The third-order valence-electron chi connectivity index (χ3n) is 4.89. The molecule has 1 N–H and O–H groups in total. The number of aryl methyl sites for hydroxylation is 1. The Bertz CT molecular complexity index is 1180. The molecule has 4 rings (SSSR count). The molecule has 1 amide bonds. The number of amides is 1. The van der Waals surface area contributed by atoms with Gasteiger partial charge < -0.3 is 4.57 Å². The highest BCUT2D eigenvalue weighted by Crippen LogP contribution is 2.31. The van der Waals surface area contributed by atoms with Crippen molar-refractivity contribution >= 4 is 51.4 Å². The van der Waals surface area contributed by atoms with E-state index in [1.54, 1.807) is 18.2 Å². The van der Waals surface area contributed by atoms with E-state index >= 15 is 0 Å². The number of thioether (sulfide) groups is 1. The van der Waals surface area contributed by atoms with Gasteiger partial charge in [-0.05, 0) is 74.4 Å². The van der Waals surface area contributed by atoms with Gasteiger partial charge in [-0.25, -0.2) is 4.39 Å². The van der Waals surface area contributed by atoms with E-state index in [2.05, 4.69) is 10.1 Å². The number of carbonyl (C=O) groups is 1. The number of amidine groups is 2. The van der Waals surface area contributed by atoms with Crippen molar-refractivity contribution in [1.82, 2.24) is 9.58 Å². The number of aromatic nitrogens is 1. The highest BCUT2D eigenvalue weighted by atomic mass is 35.5. The standard InChI is InChI=1S/C21H19ClFN5OS/c1-4-5-18-26-28-19(24)15(20(29)25-21(28)30-18)9-13-8-11(2)27(12(13)3)14-6-7-17(23)16(22)10-14/h6-10,24H,4-5H2,1-3H3/b15-9-,24-19?. The Hall–Kier alpha value is -2.71. The molecule has 154 valence electrons. The first-order valence-corrected chi connectivity index (χ1v) is 10.6. The second-order valence-corrected chi connectivity index (χ2v) is 8.47. The van der Waals surface area contributed by atoms with Gasteiger partial charge in [-0.15, -0.1) is 0 Å². The van der Waals surface area contributed by atoms with Crippen molar-refractivity contribution in [3.05, 3.63) is 57.6 Å². The summed E-state index contributed by atoms with van der Waals surface area (Å²) in [6.45, 7) is 5.86. The molecular formula is C21H19ClFN5OS. The zero-order valence-corrected chi connectivity index (χ0v) is 18.2. The molecule has 0 atom stereocenters. The molecule has 2 aromatic rings. The summed E-state index contributed by atoms with van der Waals surface area (Å²) in [5.41, 5.74) is 3.39. The number of halogens is 2. The lowest BCUT2D eigenvalue weighted by Crippen LogP contribution is -2.35. The van der Waals surface area contributed by atoms with E-state index in [0.29, 0.717) is 5.17 Å². The lowest BCUT2D eigenvalue weighted by Gasteiger charge is -2.20. The molecule has 2 aliphatic heterocycles. The maximum atomic E-state index is 13.6. The van der Waals surface area contributed by atoms with Gasteiger partial charge in [-0.1, -0.05) is 18.5 Å². The van der Waals surface area contributed by atoms with Crippen molar-refractivity contribution in [3.8, 4) is 5.69 Å². The zero-order chi connectivity index (χ0) is 21.6. The number of carbonyl (C=O) groups excluding carboxylic acids is 1. The quantitative estimate of drug-likeness (QED) is 0.651. The van der Waals surface area contributed by atoms with E-state index in [4.69, 9.17) is 17.0 Å². The number of rotatable bonds is 4. The van der Waals surface area contributed by atoms with Gasteiger partial charge in [0.2, 0.25) is 5.17 Å². The Morgan fingerprint density at radius 3 is 2.77 bits per heavy atom. The van der Waals surface area contributed by atoms with Crippen molar-refractivity contribution in [2.75, 3.05) is 0 Å². The fourth-order valence-corrected chi connectivity index (χ4v) is 4.62. The summed E-state index contributed by atoms with van der Waals surface area (Å²) in [6.07, 6.45) is 3.37. The van der Waals surface area contributed by atoms with Gasteiger partial charge >= 0.3 is 0 Å². The van der Waals surface area contributed by atoms with Crippen LogP contribution in [0, 0.1) is 25.1 Å². The summed E-state index contributed by atoms with van der Waals surface area (Å²) in [5.74, 6) is -0.925. The summed E-state index contributed by atoms with van der Waals surface area (Å²) >= 11 is 7.28. The Kier molecular flexibility index (Phi) is 5.38. The van der Waals surface area contributed by atoms with E-state index in [9.17, 15) is 9.18 Å². The SMILES string of the molecule is CCCC1=NN2C(=N)/C(=C/c3cc(C)n(-c4ccc(F)c(Cl)c4)c3C)C(=O)N=C2S1. The predicted octanol–water partition coefficient (Wildman–Crippen LogP) is 5.31. The Morgan fingerprint density at radius 1 is 1.30 bits per heavy atom. The van der Waals surface area contributed by atoms with Gasteiger partial charge in [0.05, 0.1) is 10.6 Å². The van der Waals surface area contributed by atoms with Crippen LogP contribution in [0.4, 0.5) is 4.39 Å². The molecule has 0 saturated carbocycles. The minimum absolute atomic E-state index is 0.0123. The fourth-order valence-electron chi connectivity index (χ4n) is 3.46. The van der Waals surface area contributed by atoms with Gasteiger partial charge in [-0.2, -0.15) is 15.1 Å². The van der Waals surface area contributed by atoms with Crippen LogP contribution in [-0.4, -0.2) is 31.5 Å². The largest absolute Gasteiger partial charge is 0.318 e. The Balaban J connectivity index is 1.73. The van der Waals surface area contributed by atoms with Crippen LogP contribution in [-0.2, 0) is 4.79 Å². The second kappa shape index (κ2) is 7.85. The molecule has 0 bridgehead atoms. The van der Waals surface area contributed by atoms with E-state index in [0.717, 1.165) is 40.5 Å². The molecule has 0 fully saturated rings. The molecule has 1 aromatic heterocycles. The molecule has 0 unspecified atom stereocenters. The number of hydrazone groups is 1. The van der Waals surface area contributed by atoms with Crippen LogP contribution in [0.2, 0.25) is 5.02 Å². The topological polar surface area (TPSA) is 73.8 Å². The van der Waals surface area contributed by atoms with Crippen molar-refractivity contribution in [1.29, 1.82) is 5.41 Å². The molecule has 0 spiro atoms. The number of hydrogen-bond donors (Lipinski definition) is 1. The van der Waals surface area contributed by atoms with Crippen molar-refractivity contribution < 1.29 is 9.18 Å². The maximum Gasteiger partial charge on any atom is 0.283 e. The molecule has 9 heteroatoms. The Morgan fingerprint density at radius 2 is 2.07 bits per heavy atom. The number of nitrogens with one attached hydrogen (secondary N) is 1. The van der Waals surface area contributed by atoms with Crippen molar-refractivity contribution in [2.45, 2.75) is 33.6 Å². The van der Waals surface area contributed by atoms with Crippen molar-refractivity contribution in [2.24, 2.45) is 10.1 Å². The molecule has 1 aromatic carbocycles. The molecule has 0 aliphatic carbocycles. The number of benzene rings is 1. The number of aliphatic imine (C=N–C) groups is 1. The molecule has 0 saturated heterocycles. The number of fused-ring (bicyclic) bond motifs is 1. The minimum atomic E-state index is -0.480. The smallest absolute Gasteiger partial charge is 0.283 e. The average molecular weight is 444 g/mol. The van der Waals surface area contributed by atoms with Crippen LogP contribution in [0.3, 0.4) is 0 Å². The van der Waals surface area contributed by atoms with Gasteiger partial charge in [0.25, 0.3) is 5.91 Å². The maximum absolute atomic E-state index is 13.6. The van der Waals surface area contributed by atoms with Gasteiger partial charge in [-0.3, -0.25) is 10.2 Å². The van der Waals surface area contributed by atoms with Crippen LogP contribution >= 0.6 is 23.4 Å². The van der Waals surface area contributed by atoms with Crippen LogP contribution < -0.4 is 0 Å². The highest BCUT2D eigenvalue weighted by Gasteiger charge is 2.35. The predicted molar refractivity (Wildman–Crippen MR) is 120 cm³/mol. The lowest BCUT2D eigenvalue weighted by atomic mass is 10.1. The minimum Gasteiger partial charge on any atom is -0.318 e. The number of hydrogen-bond acceptors (Lipinski definition) is 4. The van der Waals surface area contributed by atoms with Gasteiger partial charge in [0, 0.05) is 17.1 Å². The molecule has 0 radical (unpaired) electrons. The highest BCUT2D eigenvalue weighted by molar-refractivity contribution is 8.26. The first-order valence-electron chi connectivity index (χ1n) is 9.43. The van der Waals surface area contributed by atoms with Crippen molar-refractivity contribution in [3.63, 3.8) is 0 Å². The van der Waals surface area contributed by atoms with Gasteiger partial charge in [0.1, 0.15) is 10.9 Å². The third kappa shape index (κ3) is 3.50. The molecule has 3 heterocycles. The van der Waals surface area contributed by atoms with E-state index in [1.807, 2.05) is 31.4 Å². The summed E-state index contributed by atoms with van der Waals surface area (Å²) < 4.78 is 15.5. The second-order valence-electron chi connectivity index (χ2n) is 7.02. The number of nitrogens with zero attached hydrogens (tertiary/aromatic N) is 4. The van der Waals surface area contributed by atoms with Crippen LogP contribution in [0.1, 0.15) is 36.7 Å². The Labute approximate surface area is 182 Å². The average Bonchev–Trinajstić information content (AvgIpc) is 3.21. The zero-order valence-electron chi connectivity index (χ0n) is 16.7. The normalized spacial score (nSPS) is 17.5. The monoisotopic (exact) mass is 443 g/mol. The fraction of sp³-hybridized carbons (Fsp3) is 0.238. The van der Waals surface area contributed by atoms with Gasteiger partial charge in [0.15, 0.2) is 5.84 Å². The molecular weight excluding hydrogens is 425 g/mol. The van der Waals surface area contributed by atoms with Crippen LogP contribution in [0.25, 0.3) is 11.8 Å². The van der Waals surface area contributed by atoms with E-state index in [-0.39, 0.29) is 16.4 Å². The van der Waals surface area contributed by atoms with Crippen LogP contribution in [0.5, 0.6) is 0 Å². The first-order chi connectivity index (χ1) is 14.3. The lowest BCUT2D eigenvalue weighted by molar-refractivity contribution is -0.114. The summed E-state index contributed by atoms with van der Waals surface area (Å²) in [7, 11) is 0. The van der Waals surface area contributed by atoms with Crippen LogP contribution in [0.15, 0.2) is 39.9 Å². The van der Waals surface area contributed by atoms with E-state index < -0.39 is 11.7 Å². The summed E-state index contributed by atoms with van der Waals surface area (Å²) in [4.78, 5) is 16.7. The molecule has 30 heavy (non-hydrogen) atoms. The van der Waals surface area contributed by atoms with E-state index in [1.165, 1.54) is 22.8 Å².